The zero-order valence-electron chi connectivity index (χ0n) is 20.4. The first-order chi connectivity index (χ1) is 18.0. The van der Waals surface area contributed by atoms with Crippen LogP contribution in [0.25, 0.3) is 11.3 Å². The van der Waals surface area contributed by atoms with E-state index in [0.29, 0.717) is 6.42 Å². The largest absolute Gasteiger partial charge is 0.311 e. The van der Waals surface area contributed by atoms with E-state index in [1.807, 2.05) is 110 Å². The number of hydrogen-bond acceptors (Lipinski definition) is 4. The van der Waals surface area contributed by atoms with Gasteiger partial charge in [-0.3, -0.25) is 15.1 Å². The van der Waals surface area contributed by atoms with Gasteiger partial charge < -0.3 is 4.57 Å². The lowest BCUT2D eigenvalue weighted by molar-refractivity contribution is -0.537. The molecule has 37 heavy (non-hydrogen) atoms. The molecule has 0 bridgehead atoms. The Hall–Kier alpha value is -4.03. The van der Waals surface area contributed by atoms with Crippen molar-refractivity contribution in [2.45, 2.75) is 30.4 Å². The molecule has 0 spiro atoms. The maximum atomic E-state index is 12.9. The Morgan fingerprint density at radius 3 is 2.19 bits per heavy atom. The number of benzene rings is 3. The van der Waals surface area contributed by atoms with Gasteiger partial charge in [0.05, 0.1) is 17.9 Å². The standard InChI is InChI=1S/C30H27ClN4O2/c1-22-27(24-14-7-3-8-15-24)32-21-34(22)29(31)28(35(36)37)26(20-23-12-5-2-6-13-23)30(18-11-19-33-30)25-16-9-4-10-17-25/h2-19,21,26,28-29H,20H2,1H3. The van der Waals surface area contributed by atoms with Gasteiger partial charge in [0.25, 0.3) is 6.04 Å². The molecule has 7 heteroatoms. The lowest BCUT2D eigenvalue weighted by atomic mass is 9.72. The first-order valence-corrected chi connectivity index (χ1v) is 12.6. The van der Waals surface area contributed by atoms with Crippen molar-refractivity contribution in [1.29, 1.82) is 0 Å². The van der Waals surface area contributed by atoms with Crippen molar-refractivity contribution in [2.24, 2.45) is 10.9 Å². The fourth-order valence-electron chi connectivity index (χ4n) is 5.27. The number of alkyl halides is 1. The van der Waals surface area contributed by atoms with Gasteiger partial charge in [0.15, 0.2) is 5.50 Å². The van der Waals surface area contributed by atoms with Crippen molar-refractivity contribution in [3.8, 4) is 11.3 Å². The second-order valence-electron chi connectivity index (χ2n) is 9.23. The molecule has 0 N–H and O–H groups in total. The van der Waals surface area contributed by atoms with E-state index in [9.17, 15) is 10.1 Å². The van der Waals surface area contributed by atoms with Crippen LogP contribution in [0, 0.1) is 23.0 Å². The number of imidazole rings is 1. The number of hydrogen-bond donors (Lipinski definition) is 0. The highest BCUT2D eigenvalue weighted by atomic mass is 35.5. The molecular formula is C30H27ClN4O2. The molecule has 1 aliphatic heterocycles. The number of rotatable bonds is 9. The van der Waals surface area contributed by atoms with Crippen LogP contribution in [0.2, 0.25) is 0 Å². The molecule has 0 fully saturated rings. The van der Waals surface area contributed by atoms with Crippen LogP contribution in [0.5, 0.6) is 0 Å². The minimum absolute atomic E-state index is 0.251. The normalized spacial score (nSPS) is 19.0. The van der Waals surface area contributed by atoms with E-state index in [4.69, 9.17) is 16.6 Å². The predicted molar refractivity (Wildman–Crippen MR) is 147 cm³/mol. The van der Waals surface area contributed by atoms with Gasteiger partial charge in [-0.05, 0) is 30.5 Å². The van der Waals surface area contributed by atoms with Crippen molar-refractivity contribution >= 4 is 17.8 Å². The molecule has 2 heterocycles. The van der Waals surface area contributed by atoms with Gasteiger partial charge >= 0.3 is 0 Å². The van der Waals surface area contributed by atoms with Crippen molar-refractivity contribution in [3.05, 3.63) is 136 Å². The molecule has 4 unspecified atom stereocenters. The van der Waals surface area contributed by atoms with Crippen LogP contribution in [0.4, 0.5) is 0 Å². The molecule has 5 rings (SSSR count). The van der Waals surface area contributed by atoms with Gasteiger partial charge in [0.2, 0.25) is 0 Å². The highest BCUT2D eigenvalue weighted by Gasteiger charge is 2.52. The molecular weight excluding hydrogens is 484 g/mol. The Morgan fingerprint density at radius 1 is 0.973 bits per heavy atom. The van der Waals surface area contributed by atoms with E-state index < -0.39 is 23.0 Å². The average Bonchev–Trinajstić information content (AvgIpc) is 3.57. The molecule has 4 atom stereocenters. The molecule has 3 aromatic carbocycles. The Bertz CT molecular complexity index is 1410. The van der Waals surface area contributed by atoms with E-state index >= 15 is 0 Å². The number of nitro groups is 1. The van der Waals surface area contributed by atoms with Crippen LogP contribution in [-0.4, -0.2) is 26.7 Å². The van der Waals surface area contributed by atoms with Crippen molar-refractivity contribution in [1.82, 2.24) is 9.55 Å². The number of halogens is 1. The molecule has 6 nitrogen and oxygen atoms in total. The summed E-state index contributed by atoms with van der Waals surface area (Å²) in [5, 5.41) is 12.9. The van der Waals surface area contributed by atoms with Crippen LogP contribution in [-0.2, 0) is 12.0 Å². The Kier molecular flexibility index (Phi) is 7.01. The molecule has 1 aliphatic rings. The van der Waals surface area contributed by atoms with Gasteiger partial charge in [-0.25, -0.2) is 4.98 Å². The van der Waals surface area contributed by atoms with E-state index in [2.05, 4.69) is 4.98 Å². The van der Waals surface area contributed by atoms with Gasteiger partial charge in [0, 0.05) is 22.4 Å². The van der Waals surface area contributed by atoms with Crippen LogP contribution >= 0.6 is 11.6 Å². The van der Waals surface area contributed by atoms with Gasteiger partial charge in [-0.1, -0.05) is 109 Å². The summed E-state index contributed by atoms with van der Waals surface area (Å²) in [5.74, 6) is -0.577. The van der Waals surface area contributed by atoms with Crippen LogP contribution in [0.15, 0.2) is 114 Å². The van der Waals surface area contributed by atoms with Crippen LogP contribution in [0.3, 0.4) is 0 Å². The summed E-state index contributed by atoms with van der Waals surface area (Å²) < 4.78 is 1.72. The summed E-state index contributed by atoms with van der Waals surface area (Å²) in [4.78, 5) is 22.1. The maximum absolute atomic E-state index is 12.9. The van der Waals surface area contributed by atoms with E-state index in [1.165, 1.54) is 0 Å². The number of nitrogens with zero attached hydrogens (tertiary/aromatic N) is 4. The molecule has 0 saturated carbocycles. The molecule has 1 aromatic heterocycles. The highest BCUT2D eigenvalue weighted by molar-refractivity contribution is 6.19. The lowest BCUT2D eigenvalue weighted by Crippen LogP contribution is -2.46. The molecule has 0 radical (unpaired) electrons. The number of aliphatic imine (C=N–C) groups is 1. The molecule has 0 saturated heterocycles. The fraction of sp³-hybridized carbons (Fsp3) is 0.200. The number of aromatic nitrogens is 2. The van der Waals surface area contributed by atoms with Crippen molar-refractivity contribution < 1.29 is 4.92 Å². The summed E-state index contributed by atoms with van der Waals surface area (Å²) in [6.07, 6.45) is 7.58. The minimum atomic E-state index is -1.17. The quantitative estimate of drug-likeness (QED) is 0.144. The SMILES string of the molecule is Cc1c(-c2ccccc2)ncn1C(Cl)C(C(Cc1ccccc1)C1(c2ccccc2)C=CC=N1)[N+](=O)[O-]. The topological polar surface area (TPSA) is 73.3 Å². The third-order valence-electron chi connectivity index (χ3n) is 7.12. The van der Waals surface area contributed by atoms with Crippen molar-refractivity contribution in [3.63, 3.8) is 0 Å². The summed E-state index contributed by atoms with van der Waals surface area (Å²) in [5.41, 5.74) is 2.42. The Balaban J connectivity index is 1.62. The third kappa shape index (κ3) is 4.72. The lowest BCUT2D eigenvalue weighted by Gasteiger charge is -2.37. The summed E-state index contributed by atoms with van der Waals surface area (Å²) >= 11 is 7.07. The van der Waals surface area contributed by atoms with Gasteiger partial charge in [-0.15, -0.1) is 0 Å². The first kappa shape index (κ1) is 24.7. The van der Waals surface area contributed by atoms with E-state index in [1.54, 1.807) is 17.1 Å². The van der Waals surface area contributed by atoms with E-state index in [-0.39, 0.29) is 4.92 Å². The smallest absolute Gasteiger partial charge is 0.253 e. The monoisotopic (exact) mass is 510 g/mol. The summed E-state index contributed by atoms with van der Waals surface area (Å²) in [6.45, 7) is 1.90. The highest BCUT2D eigenvalue weighted by Crippen LogP contribution is 2.45. The fourth-order valence-corrected chi connectivity index (χ4v) is 5.73. The second-order valence-corrected chi connectivity index (χ2v) is 9.67. The van der Waals surface area contributed by atoms with Crippen molar-refractivity contribution in [2.75, 3.05) is 0 Å². The molecule has 0 amide bonds. The zero-order chi connectivity index (χ0) is 25.8. The Labute approximate surface area is 221 Å². The van der Waals surface area contributed by atoms with Gasteiger partial charge in [-0.2, -0.15) is 0 Å². The average molecular weight is 511 g/mol. The Morgan fingerprint density at radius 2 is 1.59 bits per heavy atom. The minimum Gasteiger partial charge on any atom is -0.311 e. The predicted octanol–water partition coefficient (Wildman–Crippen LogP) is 6.64. The summed E-state index contributed by atoms with van der Waals surface area (Å²) in [6, 6.07) is 28.1. The second kappa shape index (κ2) is 10.5. The first-order valence-electron chi connectivity index (χ1n) is 12.2. The van der Waals surface area contributed by atoms with Gasteiger partial charge in [0.1, 0.15) is 5.54 Å². The molecule has 4 aromatic rings. The molecule has 0 aliphatic carbocycles. The third-order valence-corrected chi connectivity index (χ3v) is 7.58. The van der Waals surface area contributed by atoms with E-state index in [0.717, 1.165) is 28.1 Å². The molecule has 186 valence electrons. The van der Waals surface area contributed by atoms with Crippen LogP contribution in [0.1, 0.15) is 22.3 Å². The summed E-state index contributed by atoms with van der Waals surface area (Å²) in [7, 11) is 0. The maximum Gasteiger partial charge on any atom is 0.253 e. The zero-order valence-corrected chi connectivity index (χ0v) is 21.1. The number of allylic oxidation sites excluding steroid dienone is 1. The van der Waals surface area contributed by atoms with Crippen LogP contribution < -0.4 is 0 Å².